The molecule has 0 aliphatic carbocycles. The predicted molar refractivity (Wildman–Crippen MR) is 103 cm³/mol. The van der Waals surface area contributed by atoms with Gasteiger partial charge in [0.2, 0.25) is 0 Å². The van der Waals surface area contributed by atoms with Gasteiger partial charge in [-0.3, -0.25) is 0 Å². The number of carbonyl (C=O) groups is 1. The van der Waals surface area contributed by atoms with Crippen LogP contribution in [0.2, 0.25) is 0 Å². The molecule has 2 fully saturated rings. The summed E-state index contributed by atoms with van der Waals surface area (Å²) in [7, 11) is 0. The number of carbonyl (C=O) groups excluding carboxylic acids is 1. The van der Waals surface area contributed by atoms with Crippen molar-refractivity contribution in [2.45, 2.75) is 32.2 Å². The number of ether oxygens (including phenoxy) is 3. The molecule has 0 spiro atoms. The molecule has 0 bridgehead atoms. The molecule has 2 aromatic carbocycles. The summed E-state index contributed by atoms with van der Waals surface area (Å²) < 4.78 is 17.0. The first-order valence-corrected chi connectivity index (χ1v) is 9.08. The lowest BCUT2D eigenvalue weighted by molar-refractivity contribution is -0.149. The summed E-state index contributed by atoms with van der Waals surface area (Å²) in [6.45, 7) is 6.92. The van der Waals surface area contributed by atoms with E-state index in [1.165, 1.54) is 0 Å². The molecule has 4 rings (SSSR count). The molecule has 2 aliphatic rings. The van der Waals surface area contributed by atoms with E-state index in [4.69, 9.17) is 14.2 Å². The Morgan fingerprint density at radius 2 is 1.56 bits per heavy atom. The van der Waals surface area contributed by atoms with Crippen molar-refractivity contribution in [3.05, 3.63) is 71.4 Å². The number of benzene rings is 2. The van der Waals surface area contributed by atoms with Gasteiger partial charge in [0, 0.05) is 5.56 Å². The van der Waals surface area contributed by atoms with Gasteiger partial charge in [0.25, 0.3) is 0 Å². The van der Waals surface area contributed by atoms with Crippen LogP contribution < -0.4 is 4.90 Å². The van der Waals surface area contributed by atoms with Crippen molar-refractivity contribution >= 4 is 17.9 Å². The SMILES string of the molecule is CC1(C)OC(=O)N(c2ccccc2)/C1=C\c1ccc(C2(C)OCCO2)cc1. The second-order valence-electron chi connectivity index (χ2n) is 7.34. The maximum absolute atomic E-state index is 12.5. The average Bonchev–Trinajstić information content (AvgIpc) is 3.18. The monoisotopic (exact) mass is 365 g/mol. The third kappa shape index (κ3) is 3.24. The van der Waals surface area contributed by atoms with Crippen LogP contribution >= 0.6 is 0 Å². The molecule has 140 valence electrons. The molecule has 0 radical (unpaired) electrons. The van der Waals surface area contributed by atoms with Gasteiger partial charge in [0.05, 0.1) is 24.6 Å². The van der Waals surface area contributed by atoms with Gasteiger partial charge in [-0.05, 0) is 44.5 Å². The normalized spacial score (nSPS) is 22.3. The van der Waals surface area contributed by atoms with E-state index >= 15 is 0 Å². The molecule has 2 heterocycles. The van der Waals surface area contributed by atoms with E-state index in [0.717, 1.165) is 22.5 Å². The van der Waals surface area contributed by atoms with Crippen LogP contribution in [0, 0.1) is 0 Å². The number of rotatable bonds is 3. The molecule has 1 amide bonds. The van der Waals surface area contributed by atoms with Crippen molar-refractivity contribution in [3.8, 4) is 0 Å². The van der Waals surface area contributed by atoms with E-state index in [1.807, 2.05) is 81.4 Å². The van der Waals surface area contributed by atoms with Crippen molar-refractivity contribution in [2.75, 3.05) is 18.1 Å². The highest BCUT2D eigenvalue weighted by atomic mass is 16.7. The maximum Gasteiger partial charge on any atom is 0.419 e. The number of amides is 1. The number of anilines is 1. The smallest absolute Gasteiger partial charge is 0.419 e. The Morgan fingerprint density at radius 3 is 2.19 bits per heavy atom. The van der Waals surface area contributed by atoms with E-state index in [9.17, 15) is 4.79 Å². The Morgan fingerprint density at radius 1 is 0.926 bits per heavy atom. The number of hydrogen-bond acceptors (Lipinski definition) is 4. The summed E-state index contributed by atoms with van der Waals surface area (Å²) in [6, 6.07) is 17.5. The molecule has 0 atom stereocenters. The molecule has 2 aliphatic heterocycles. The lowest BCUT2D eigenvalue weighted by Crippen LogP contribution is -2.25. The molecule has 5 nitrogen and oxygen atoms in total. The molecular weight excluding hydrogens is 342 g/mol. The summed E-state index contributed by atoms with van der Waals surface area (Å²) in [6.07, 6.45) is 1.62. The van der Waals surface area contributed by atoms with E-state index in [-0.39, 0.29) is 6.09 Å². The first-order valence-electron chi connectivity index (χ1n) is 9.08. The number of cyclic esters (lactones) is 1. The highest BCUT2D eigenvalue weighted by molar-refractivity contribution is 5.96. The Labute approximate surface area is 159 Å². The lowest BCUT2D eigenvalue weighted by atomic mass is 10.00. The highest BCUT2D eigenvalue weighted by Gasteiger charge is 2.43. The van der Waals surface area contributed by atoms with Crippen molar-refractivity contribution in [3.63, 3.8) is 0 Å². The molecule has 5 heteroatoms. The molecular formula is C22H23NO4. The van der Waals surface area contributed by atoms with Gasteiger partial charge in [-0.15, -0.1) is 0 Å². The Bertz CT molecular complexity index is 865. The quantitative estimate of drug-likeness (QED) is 0.792. The average molecular weight is 365 g/mol. The first kappa shape index (κ1) is 17.8. The van der Waals surface area contributed by atoms with Crippen LogP contribution in [0.4, 0.5) is 10.5 Å². The largest absolute Gasteiger partial charge is 0.436 e. The summed E-state index contributed by atoms with van der Waals surface area (Å²) in [5, 5.41) is 0. The van der Waals surface area contributed by atoms with Gasteiger partial charge in [-0.1, -0.05) is 42.5 Å². The standard InChI is InChI=1S/C22H23NO4/c1-21(2)19(23(20(24)27-21)18-7-5-4-6-8-18)15-16-9-11-17(12-10-16)22(3)25-13-14-26-22/h4-12,15H,13-14H2,1-3H3/b19-15-. The van der Waals surface area contributed by atoms with Crippen LogP contribution in [0.5, 0.6) is 0 Å². The second kappa shape index (κ2) is 6.51. The first-order chi connectivity index (χ1) is 12.9. The molecule has 2 saturated heterocycles. The van der Waals surface area contributed by atoms with Crippen molar-refractivity contribution in [1.82, 2.24) is 0 Å². The molecule has 0 aromatic heterocycles. The van der Waals surface area contributed by atoms with E-state index in [2.05, 4.69) is 0 Å². The zero-order valence-corrected chi connectivity index (χ0v) is 15.8. The van der Waals surface area contributed by atoms with Crippen molar-refractivity contribution in [1.29, 1.82) is 0 Å². The fourth-order valence-corrected chi connectivity index (χ4v) is 3.46. The molecule has 0 saturated carbocycles. The van der Waals surface area contributed by atoms with Crippen LogP contribution in [0.25, 0.3) is 6.08 Å². The predicted octanol–water partition coefficient (Wildman–Crippen LogP) is 4.68. The Kier molecular flexibility index (Phi) is 4.29. The third-order valence-electron chi connectivity index (χ3n) is 4.97. The van der Waals surface area contributed by atoms with Gasteiger partial charge < -0.3 is 14.2 Å². The number of para-hydroxylation sites is 1. The molecule has 2 aromatic rings. The molecule has 0 unspecified atom stereocenters. The molecule has 27 heavy (non-hydrogen) atoms. The summed E-state index contributed by atoms with van der Waals surface area (Å²) in [5.74, 6) is -0.687. The fraction of sp³-hybridized carbons (Fsp3) is 0.318. The zero-order valence-electron chi connectivity index (χ0n) is 15.8. The van der Waals surface area contributed by atoms with Crippen LogP contribution in [-0.2, 0) is 20.0 Å². The Balaban J connectivity index is 1.69. The minimum atomic E-state index is -0.713. The second-order valence-corrected chi connectivity index (χ2v) is 7.34. The summed E-state index contributed by atoms with van der Waals surface area (Å²) in [4.78, 5) is 14.1. The minimum absolute atomic E-state index is 0.366. The maximum atomic E-state index is 12.5. The van der Waals surface area contributed by atoms with Gasteiger partial charge in [0.15, 0.2) is 5.79 Å². The zero-order chi connectivity index (χ0) is 19.1. The highest BCUT2D eigenvalue weighted by Crippen LogP contribution is 2.38. The Hall–Kier alpha value is -2.63. The van der Waals surface area contributed by atoms with Crippen LogP contribution in [0.15, 0.2) is 60.3 Å². The fourth-order valence-electron chi connectivity index (χ4n) is 3.46. The van der Waals surface area contributed by atoms with Crippen LogP contribution in [0.1, 0.15) is 31.9 Å². The van der Waals surface area contributed by atoms with E-state index < -0.39 is 11.4 Å². The van der Waals surface area contributed by atoms with Gasteiger partial charge in [0.1, 0.15) is 5.60 Å². The summed E-state index contributed by atoms with van der Waals surface area (Å²) >= 11 is 0. The summed E-state index contributed by atoms with van der Waals surface area (Å²) in [5.41, 5.74) is 2.82. The lowest BCUT2D eigenvalue weighted by Gasteiger charge is -2.23. The third-order valence-corrected chi connectivity index (χ3v) is 4.97. The van der Waals surface area contributed by atoms with Crippen molar-refractivity contribution < 1.29 is 19.0 Å². The number of hydrogen-bond donors (Lipinski definition) is 0. The van der Waals surface area contributed by atoms with Crippen molar-refractivity contribution in [2.24, 2.45) is 0 Å². The topological polar surface area (TPSA) is 48.0 Å². The van der Waals surface area contributed by atoms with E-state index in [1.54, 1.807) is 4.90 Å². The van der Waals surface area contributed by atoms with Gasteiger partial charge in [-0.25, -0.2) is 9.69 Å². The van der Waals surface area contributed by atoms with Crippen LogP contribution in [-0.4, -0.2) is 24.9 Å². The van der Waals surface area contributed by atoms with E-state index in [0.29, 0.717) is 13.2 Å². The molecule has 0 N–H and O–H groups in total. The minimum Gasteiger partial charge on any atom is -0.436 e. The van der Waals surface area contributed by atoms with Gasteiger partial charge in [-0.2, -0.15) is 0 Å². The van der Waals surface area contributed by atoms with Crippen LogP contribution in [0.3, 0.4) is 0 Å². The number of nitrogens with zero attached hydrogens (tertiary/aromatic N) is 1. The van der Waals surface area contributed by atoms with Gasteiger partial charge >= 0.3 is 6.09 Å².